The molecule has 0 aromatic heterocycles. The highest BCUT2D eigenvalue weighted by Crippen LogP contribution is 2.46. The van der Waals surface area contributed by atoms with Crippen LogP contribution in [0, 0.1) is 11.8 Å². The van der Waals surface area contributed by atoms with Gasteiger partial charge in [0.15, 0.2) is 0 Å². The average Bonchev–Trinajstić information content (AvgIpc) is 2.30. The van der Waals surface area contributed by atoms with Gasteiger partial charge in [0.1, 0.15) is 0 Å². The summed E-state index contributed by atoms with van der Waals surface area (Å²) in [6.07, 6.45) is 9.69. The van der Waals surface area contributed by atoms with Gasteiger partial charge < -0.3 is 0 Å². The van der Waals surface area contributed by atoms with Crippen molar-refractivity contribution in [1.29, 1.82) is 0 Å². The van der Waals surface area contributed by atoms with E-state index >= 15 is 0 Å². The van der Waals surface area contributed by atoms with Crippen molar-refractivity contribution in [2.24, 2.45) is 11.8 Å². The molecule has 0 atom stereocenters. The Hall–Kier alpha value is -0.0800. The van der Waals surface area contributed by atoms with E-state index in [-0.39, 0.29) is 0 Å². The largest absolute Gasteiger partial charge is 0.174 e. The number of rotatable bonds is 3. The quantitative estimate of drug-likeness (QED) is 0.681. The number of thiol groups is 2. The van der Waals surface area contributed by atoms with E-state index in [4.69, 9.17) is 0 Å². The van der Waals surface area contributed by atoms with Crippen molar-refractivity contribution < 1.29 is 0 Å². The molecule has 3 aliphatic rings. The van der Waals surface area contributed by atoms with E-state index < -0.39 is 0 Å². The van der Waals surface area contributed by atoms with E-state index in [1.807, 2.05) is 0 Å². The van der Waals surface area contributed by atoms with Crippen molar-refractivity contribution >= 4 is 25.3 Å². The van der Waals surface area contributed by atoms with Crippen molar-refractivity contribution in [1.82, 2.24) is 0 Å². The molecule has 82 valence electrons. The third-order valence-corrected chi connectivity index (χ3v) is 4.52. The first-order valence-corrected chi connectivity index (χ1v) is 6.71. The van der Waals surface area contributed by atoms with E-state index in [9.17, 15) is 0 Å². The SMILES string of the molecule is C=CC1=C(/C=C(/S)CS)C2CCC1CC2. The van der Waals surface area contributed by atoms with Gasteiger partial charge in [0, 0.05) is 5.75 Å². The lowest BCUT2D eigenvalue weighted by molar-refractivity contribution is 0.306. The Morgan fingerprint density at radius 3 is 2.20 bits per heavy atom. The molecule has 15 heavy (non-hydrogen) atoms. The molecule has 0 heterocycles. The third-order valence-electron chi connectivity index (χ3n) is 3.64. The number of fused-ring (bicyclic) bond motifs is 2. The van der Waals surface area contributed by atoms with Gasteiger partial charge in [0.2, 0.25) is 0 Å². The molecule has 0 unspecified atom stereocenters. The predicted molar refractivity (Wildman–Crippen MR) is 73.6 cm³/mol. The summed E-state index contributed by atoms with van der Waals surface area (Å²) in [5.41, 5.74) is 2.97. The van der Waals surface area contributed by atoms with Gasteiger partial charge in [-0.1, -0.05) is 12.7 Å². The van der Waals surface area contributed by atoms with Crippen LogP contribution >= 0.6 is 25.3 Å². The minimum Gasteiger partial charge on any atom is -0.174 e. The number of hydrogen-bond acceptors (Lipinski definition) is 2. The first-order chi connectivity index (χ1) is 7.26. The molecular weight excluding hydrogens is 220 g/mol. The smallest absolute Gasteiger partial charge is 0.0211 e. The molecule has 0 nitrogen and oxygen atoms in total. The van der Waals surface area contributed by atoms with Gasteiger partial charge in [-0.2, -0.15) is 12.6 Å². The molecule has 0 spiro atoms. The first kappa shape index (κ1) is 11.4. The zero-order chi connectivity index (χ0) is 10.8. The summed E-state index contributed by atoms with van der Waals surface area (Å²) < 4.78 is 0. The minimum absolute atomic E-state index is 0.731. The molecule has 0 radical (unpaired) electrons. The molecule has 2 heteroatoms. The van der Waals surface area contributed by atoms with Crippen LogP contribution in [0.1, 0.15) is 25.7 Å². The number of hydrogen-bond donors (Lipinski definition) is 2. The van der Waals surface area contributed by atoms with Crippen LogP contribution in [0.3, 0.4) is 0 Å². The molecule has 1 fully saturated rings. The highest BCUT2D eigenvalue weighted by Gasteiger charge is 2.32. The van der Waals surface area contributed by atoms with Crippen LogP contribution < -0.4 is 0 Å². The van der Waals surface area contributed by atoms with Crippen LogP contribution in [0.2, 0.25) is 0 Å². The van der Waals surface area contributed by atoms with Crippen LogP contribution in [0.15, 0.2) is 34.8 Å². The van der Waals surface area contributed by atoms with Crippen molar-refractivity contribution in [2.45, 2.75) is 25.7 Å². The van der Waals surface area contributed by atoms with Crippen LogP contribution in [0.25, 0.3) is 0 Å². The van der Waals surface area contributed by atoms with E-state index in [0.29, 0.717) is 0 Å². The summed E-state index contributed by atoms with van der Waals surface area (Å²) in [7, 11) is 0. The Kier molecular flexibility index (Phi) is 3.68. The maximum Gasteiger partial charge on any atom is 0.0211 e. The average molecular weight is 238 g/mol. The summed E-state index contributed by atoms with van der Waals surface area (Å²) in [4.78, 5) is 1.07. The summed E-state index contributed by atoms with van der Waals surface area (Å²) in [6, 6.07) is 0. The maximum absolute atomic E-state index is 4.43. The van der Waals surface area contributed by atoms with Crippen molar-refractivity contribution in [2.75, 3.05) is 5.75 Å². The normalized spacial score (nSPS) is 30.9. The molecule has 1 saturated carbocycles. The second-order valence-corrected chi connectivity index (χ2v) is 5.35. The third kappa shape index (κ3) is 2.21. The molecule has 0 saturated heterocycles. The summed E-state index contributed by atoms with van der Waals surface area (Å²) in [5, 5.41) is 0. The van der Waals surface area contributed by atoms with Gasteiger partial charge in [-0.25, -0.2) is 0 Å². The molecule has 3 aliphatic carbocycles. The van der Waals surface area contributed by atoms with Crippen molar-refractivity contribution in [3.05, 3.63) is 34.8 Å². The lowest BCUT2D eigenvalue weighted by Gasteiger charge is -2.38. The van der Waals surface area contributed by atoms with E-state index in [1.54, 1.807) is 0 Å². The fourth-order valence-electron chi connectivity index (χ4n) is 2.90. The predicted octanol–water partition coefficient (Wildman–Crippen LogP) is 4.03. The molecule has 0 amide bonds. The van der Waals surface area contributed by atoms with Gasteiger partial charge in [0.05, 0.1) is 0 Å². The first-order valence-electron chi connectivity index (χ1n) is 5.63. The molecule has 3 rings (SSSR count). The van der Waals surface area contributed by atoms with Gasteiger partial charge >= 0.3 is 0 Å². The van der Waals surface area contributed by atoms with Crippen molar-refractivity contribution in [3.63, 3.8) is 0 Å². The zero-order valence-electron chi connectivity index (χ0n) is 8.95. The molecule has 0 aliphatic heterocycles. The van der Waals surface area contributed by atoms with Crippen LogP contribution in [0.4, 0.5) is 0 Å². The summed E-state index contributed by atoms with van der Waals surface area (Å²) >= 11 is 8.68. The monoisotopic (exact) mass is 238 g/mol. The number of allylic oxidation sites excluding steroid dienone is 4. The second kappa shape index (κ2) is 4.84. The Bertz CT molecular complexity index is 317. The minimum atomic E-state index is 0.731. The van der Waals surface area contributed by atoms with Gasteiger partial charge in [-0.05, 0) is 59.6 Å². The Morgan fingerprint density at radius 2 is 1.73 bits per heavy atom. The summed E-state index contributed by atoms with van der Waals surface area (Å²) in [6.45, 7) is 3.96. The van der Waals surface area contributed by atoms with Gasteiger partial charge in [-0.3, -0.25) is 0 Å². The van der Waals surface area contributed by atoms with Gasteiger partial charge in [-0.15, -0.1) is 12.6 Å². The fraction of sp³-hybridized carbons (Fsp3) is 0.538. The standard InChI is InChI=1S/C13H18S2/c1-2-12-9-3-5-10(6-4-9)13(12)7-11(15)8-14/h2,7,9-10,14-15H,1,3-6,8H2/b11-7+. The lowest BCUT2D eigenvalue weighted by Crippen LogP contribution is -2.25. The van der Waals surface area contributed by atoms with E-state index in [2.05, 4.69) is 44.0 Å². The van der Waals surface area contributed by atoms with Crippen molar-refractivity contribution in [3.8, 4) is 0 Å². The van der Waals surface area contributed by atoms with E-state index in [1.165, 1.54) is 36.8 Å². The fourth-order valence-corrected chi connectivity index (χ4v) is 3.13. The molecular formula is C13H18S2. The van der Waals surface area contributed by atoms with E-state index in [0.717, 1.165) is 22.5 Å². The van der Waals surface area contributed by atoms with Crippen LogP contribution in [-0.4, -0.2) is 5.75 Å². The molecule has 2 bridgehead atoms. The Labute approximate surface area is 103 Å². The molecule has 0 aromatic carbocycles. The maximum atomic E-state index is 4.43. The lowest BCUT2D eigenvalue weighted by atomic mass is 9.67. The molecule has 0 N–H and O–H groups in total. The Morgan fingerprint density at radius 1 is 1.20 bits per heavy atom. The summed E-state index contributed by atoms with van der Waals surface area (Å²) in [5.74, 6) is 2.25. The topological polar surface area (TPSA) is 0 Å². The van der Waals surface area contributed by atoms with Crippen LogP contribution in [0.5, 0.6) is 0 Å². The zero-order valence-corrected chi connectivity index (χ0v) is 10.7. The Balaban J connectivity index is 2.36. The highest BCUT2D eigenvalue weighted by molar-refractivity contribution is 7.87. The van der Waals surface area contributed by atoms with Gasteiger partial charge in [0.25, 0.3) is 0 Å². The second-order valence-electron chi connectivity index (χ2n) is 4.46. The van der Waals surface area contributed by atoms with Crippen LogP contribution in [-0.2, 0) is 0 Å². The highest BCUT2D eigenvalue weighted by atomic mass is 32.1. The molecule has 0 aromatic rings.